The molecule has 0 aliphatic heterocycles. The van der Waals surface area contributed by atoms with Gasteiger partial charge in [0.05, 0.1) is 5.69 Å². The Morgan fingerprint density at radius 3 is 3.04 bits per heavy atom. The minimum Gasteiger partial charge on any atom is -0.385 e. The normalized spacial score (nSPS) is 16.8. The second-order valence-corrected chi connectivity index (χ2v) is 6.79. The molecule has 1 amide bonds. The highest BCUT2D eigenvalue weighted by molar-refractivity contribution is 7.15. The van der Waals surface area contributed by atoms with Crippen molar-refractivity contribution in [2.24, 2.45) is 5.92 Å². The number of carbonyl (C=O) groups is 1. The highest BCUT2D eigenvalue weighted by Crippen LogP contribution is 2.34. The van der Waals surface area contributed by atoms with Crippen molar-refractivity contribution in [2.75, 3.05) is 20.3 Å². The summed E-state index contributed by atoms with van der Waals surface area (Å²) in [6.45, 7) is 1.36. The number of hydrogen-bond acceptors (Lipinski definition) is 5. The lowest BCUT2D eigenvalue weighted by molar-refractivity contribution is -0.125. The number of thiazole rings is 1. The third-order valence-electron chi connectivity index (χ3n) is 4.06. The van der Waals surface area contributed by atoms with Gasteiger partial charge in [-0.3, -0.25) is 9.78 Å². The van der Waals surface area contributed by atoms with Crippen molar-refractivity contribution in [1.82, 2.24) is 15.3 Å². The summed E-state index contributed by atoms with van der Waals surface area (Å²) < 4.78 is 5.00. The number of nitrogens with zero attached hydrogens (tertiary/aromatic N) is 2. The molecular weight excluding hydrogens is 310 g/mol. The zero-order chi connectivity index (χ0) is 16.1. The Hall–Kier alpha value is -1.79. The van der Waals surface area contributed by atoms with Crippen molar-refractivity contribution in [3.05, 3.63) is 35.1 Å². The van der Waals surface area contributed by atoms with E-state index in [-0.39, 0.29) is 11.8 Å². The number of pyridine rings is 1. The molecule has 3 rings (SSSR count). The fourth-order valence-electron chi connectivity index (χ4n) is 2.79. The summed E-state index contributed by atoms with van der Waals surface area (Å²) in [6, 6.07) is 3.95. The number of aryl methyl sites for hydroxylation is 1. The maximum atomic E-state index is 12.3. The third-order valence-corrected chi connectivity index (χ3v) is 5.23. The molecule has 122 valence electrons. The van der Waals surface area contributed by atoms with Gasteiger partial charge < -0.3 is 10.1 Å². The Morgan fingerprint density at radius 2 is 2.26 bits per heavy atom. The Bertz CT molecular complexity index is 657. The molecule has 2 aromatic heterocycles. The molecule has 1 aliphatic rings. The number of aromatic nitrogens is 2. The van der Waals surface area contributed by atoms with Gasteiger partial charge in [0, 0.05) is 49.0 Å². The lowest BCUT2D eigenvalue weighted by Crippen LogP contribution is -2.34. The molecule has 0 aromatic carbocycles. The van der Waals surface area contributed by atoms with E-state index in [1.807, 2.05) is 12.1 Å². The number of amides is 1. The van der Waals surface area contributed by atoms with Crippen LogP contribution in [-0.2, 0) is 22.4 Å². The van der Waals surface area contributed by atoms with E-state index in [0.29, 0.717) is 13.2 Å². The van der Waals surface area contributed by atoms with Gasteiger partial charge in [0.25, 0.3) is 0 Å². The maximum absolute atomic E-state index is 12.3. The van der Waals surface area contributed by atoms with Crippen LogP contribution in [0, 0.1) is 5.92 Å². The summed E-state index contributed by atoms with van der Waals surface area (Å²) in [5.41, 5.74) is 2.25. The van der Waals surface area contributed by atoms with Crippen LogP contribution in [0.2, 0.25) is 0 Å². The monoisotopic (exact) mass is 331 g/mol. The molecule has 0 fully saturated rings. The smallest absolute Gasteiger partial charge is 0.223 e. The zero-order valence-corrected chi connectivity index (χ0v) is 14.1. The Labute approximate surface area is 140 Å². The van der Waals surface area contributed by atoms with Gasteiger partial charge in [-0.1, -0.05) is 0 Å². The quantitative estimate of drug-likeness (QED) is 0.826. The maximum Gasteiger partial charge on any atom is 0.223 e. The molecule has 0 saturated carbocycles. The first-order valence-corrected chi connectivity index (χ1v) is 8.75. The molecule has 0 bridgehead atoms. The summed E-state index contributed by atoms with van der Waals surface area (Å²) >= 11 is 1.70. The fourth-order valence-corrected chi connectivity index (χ4v) is 3.98. The van der Waals surface area contributed by atoms with Gasteiger partial charge in [-0.25, -0.2) is 4.98 Å². The van der Waals surface area contributed by atoms with Gasteiger partial charge in [-0.15, -0.1) is 11.3 Å². The number of hydrogen-bond donors (Lipinski definition) is 1. The molecule has 2 heterocycles. The van der Waals surface area contributed by atoms with Crippen molar-refractivity contribution in [3.63, 3.8) is 0 Å². The van der Waals surface area contributed by atoms with E-state index in [4.69, 9.17) is 9.72 Å². The van der Waals surface area contributed by atoms with Crippen LogP contribution in [0.1, 0.15) is 23.4 Å². The molecule has 0 saturated heterocycles. The summed E-state index contributed by atoms with van der Waals surface area (Å²) in [5, 5.41) is 4.04. The minimum atomic E-state index is 0.0655. The number of rotatable bonds is 6. The standard InChI is InChI=1S/C17H21N3O2S/c1-22-10-2-7-19-16(21)13-3-4-14-15(11-13)23-17(20-14)12-5-8-18-9-6-12/h5-6,8-9,13H,2-4,7,10-11H2,1H3,(H,19,21). The average molecular weight is 331 g/mol. The van der Waals surface area contributed by atoms with Gasteiger partial charge in [0.1, 0.15) is 5.01 Å². The van der Waals surface area contributed by atoms with Crippen LogP contribution >= 0.6 is 11.3 Å². The third kappa shape index (κ3) is 3.95. The van der Waals surface area contributed by atoms with Crippen LogP contribution in [0.4, 0.5) is 0 Å². The van der Waals surface area contributed by atoms with Gasteiger partial charge in [0.15, 0.2) is 0 Å². The summed E-state index contributed by atoms with van der Waals surface area (Å²) in [6.07, 6.45) is 6.98. The number of ether oxygens (including phenoxy) is 1. The van der Waals surface area contributed by atoms with Crippen molar-refractivity contribution in [3.8, 4) is 10.6 Å². The van der Waals surface area contributed by atoms with Crippen LogP contribution in [0.25, 0.3) is 10.6 Å². The van der Waals surface area contributed by atoms with Crippen LogP contribution in [0.3, 0.4) is 0 Å². The fraction of sp³-hybridized carbons (Fsp3) is 0.471. The van der Waals surface area contributed by atoms with Gasteiger partial charge in [-0.05, 0) is 37.8 Å². The molecule has 1 atom stereocenters. The molecule has 6 heteroatoms. The second-order valence-electron chi connectivity index (χ2n) is 5.70. The molecule has 5 nitrogen and oxygen atoms in total. The SMILES string of the molecule is COCCCNC(=O)C1CCc2nc(-c3ccncc3)sc2C1. The van der Waals surface area contributed by atoms with Crippen LogP contribution in [0.15, 0.2) is 24.5 Å². The number of carbonyl (C=O) groups excluding carboxylic acids is 1. The molecule has 23 heavy (non-hydrogen) atoms. The first-order valence-electron chi connectivity index (χ1n) is 7.93. The summed E-state index contributed by atoms with van der Waals surface area (Å²) in [7, 11) is 1.68. The molecule has 1 N–H and O–H groups in total. The zero-order valence-electron chi connectivity index (χ0n) is 13.2. The molecular formula is C17H21N3O2S. The second kappa shape index (κ2) is 7.66. The number of methoxy groups -OCH3 is 1. The van der Waals surface area contributed by atoms with Crippen LogP contribution < -0.4 is 5.32 Å². The Balaban J connectivity index is 1.62. The predicted molar refractivity (Wildman–Crippen MR) is 90.4 cm³/mol. The highest BCUT2D eigenvalue weighted by Gasteiger charge is 2.27. The van der Waals surface area contributed by atoms with Crippen molar-refractivity contribution < 1.29 is 9.53 Å². The lowest BCUT2D eigenvalue weighted by Gasteiger charge is -2.20. The van der Waals surface area contributed by atoms with Gasteiger partial charge in [0.2, 0.25) is 5.91 Å². The largest absolute Gasteiger partial charge is 0.385 e. The first-order chi connectivity index (χ1) is 11.3. The van der Waals surface area contributed by atoms with E-state index in [1.165, 1.54) is 4.88 Å². The van der Waals surface area contributed by atoms with Crippen LogP contribution in [0.5, 0.6) is 0 Å². The topological polar surface area (TPSA) is 64.1 Å². The number of nitrogens with one attached hydrogen (secondary N) is 1. The van der Waals surface area contributed by atoms with E-state index in [0.717, 1.165) is 41.9 Å². The van der Waals surface area contributed by atoms with E-state index >= 15 is 0 Å². The molecule has 0 radical (unpaired) electrons. The Morgan fingerprint density at radius 1 is 1.43 bits per heavy atom. The first kappa shape index (κ1) is 16.1. The van der Waals surface area contributed by atoms with Gasteiger partial charge in [-0.2, -0.15) is 0 Å². The van der Waals surface area contributed by atoms with Crippen LogP contribution in [-0.4, -0.2) is 36.1 Å². The van der Waals surface area contributed by atoms with Crippen molar-refractivity contribution in [2.45, 2.75) is 25.7 Å². The van der Waals surface area contributed by atoms with E-state index < -0.39 is 0 Å². The highest BCUT2D eigenvalue weighted by atomic mass is 32.1. The Kier molecular flexibility index (Phi) is 5.35. The van der Waals surface area contributed by atoms with E-state index in [2.05, 4.69) is 10.3 Å². The predicted octanol–water partition coefficient (Wildman–Crippen LogP) is 2.46. The minimum absolute atomic E-state index is 0.0655. The average Bonchev–Trinajstić information content (AvgIpc) is 3.02. The molecule has 1 unspecified atom stereocenters. The van der Waals surface area contributed by atoms with Crippen molar-refractivity contribution >= 4 is 17.2 Å². The molecule has 1 aliphatic carbocycles. The van der Waals surface area contributed by atoms with E-state index in [9.17, 15) is 4.79 Å². The lowest BCUT2D eigenvalue weighted by atomic mass is 9.90. The van der Waals surface area contributed by atoms with Gasteiger partial charge >= 0.3 is 0 Å². The summed E-state index contributed by atoms with van der Waals surface area (Å²) in [5.74, 6) is 0.224. The molecule has 2 aromatic rings. The molecule has 0 spiro atoms. The van der Waals surface area contributed by atoms with E-state index in [1.54, 1.807) is 30.8 Å². The number of fused-ring (bicyclic) bond motifs is 1. The summed E-state index contributed by atoms with van der Waals surface area (Å²) in [4.78, 5) is 22.3. The van der Waals surface area contributed by atoms with Crippen molar-refractivity contribution in [1.29, 1.82) is 0 Å².